The molecular weight excluding hydrogens is 750 g/mol. The van der Waals surface area contributed by atoms with Crippen LogP contribution in [0.5, 0.6) is 0 Å². The number of carbonyl (C=O) groups excluding carboxylic acids is 3. The zero-order chi connectivity index (χ0) is 41.9. The van der Waals surface area contributed by atoms with Gasteiger partial charge in [-0.1, -0.05) is 78.9 Å². The van der Waals surface area contributed by atoms with Gasteiger partial charge in [0.05, 0.1) is 13.1 Å². The number of carboxylic acid groups (broad SMARTS) is 1. The highest BCUT2D eigenvalue weighted by Crippen LogP contribution is 2.44. The van der Waals surface area contributed by atoms with E-state index in [0.717, 1.165) is 50.3 Å². The van der Waals surface area contributed by atoms with Crippen molar-refractivity contribution in [3.8, 4) is 11.1 Å². The van der Waals surface area contributed by atoms with Crippen molar-refractivity contribution >= 4 is 29.7 Å². The number of fused-ring (bicyclic) bond motifs is 3. The van der Waals surface area contributed by atoms with Gasteiger partial charge in [0.1, 0.15) is 18.7 Å². The average Bonchev–Trinajstić information content (AvgIpc) is 3.53. The molecule has 308 valence electrons. The number of anilines is 1. The van der Waals surface area contributed by atoms with Gasteiger partial charge >= 0.3 is 12.2 Å². The summed E-state index contributed by atoms with van der Waals surface area (Å²) in [6.07, 6.45) is -3.23. The lowest BCUT2D eigenvalue weighted by Crippen LogP contribution is -2.60. The largest absolute Gasteiger partial charge is 0.465 e. The Morgan fingerprint density at radius 1 is 0.759 bits per heavy atom. The van der Waals surface area contributed by atoms with Crippen LogP contribution in [0.15, 0.2) is 97.1 Å². The highest BCUT2D eigenvalue weighted by molar-refractivity contribution is 6.04. The molecule has 12 nitrogen and oxygen atoms in total. The summed E-state index contributed by atoms with van der Waals surface area (Å²) in [6.45, 7) is 8.21. The summed E-state index contributed by atoms with van der Waals surface area (Å²) in [5.74, 6) is -4.48. The first-order valence-corrected chi connectivity index (χ1v) is 19.3. The predicted molar refractivity (Wildman–Crippen MR) is 214 cm³/mol. The molecule has 2 unspecified atom stereocenters. The molecule has 0 bridgehead atoms. The van der Waals surface area contributed by atoms with E-state index in [9.17, 15) is 28.3 Å². The molecule has 1 aliphatic rings. The van der Waals surface area contributed by atoms with Crippen LogP contribution in [-0.4, -0.2) is 96.2 Å². The monoisotopic (exact) mass is 800 g/mol. The van der Waals surface area contributed by atoms with Gasteiger partial charge in [0.25, 0.3) is 5.91 Å². The normalized spacial score (nSPS) is 13.1. The molecule has 4 aromatic carbocycles. The van der Waals surface area contributed by atoms with Crippen molar-refractivity contribution in [1.82, 2.24) is 15.1 Å². The fourth-order valence-electron chi connectivity index (χ4n) is 7.16. The van der Waals surface area contributed by atoms with E-state index in [4.69, 9.17) is 14.2 Å². The van der Waals surface area contributed by atoms with Gasteiger partial charge in [-0.15, -0.1) is 0 Å². The Hall–Kier alpha value is -5.86. The number of benzene rings is 4. The molecule has 0 saturated carbocycles. The van der Waals surface area contributed by atoms with Crippen LogP contribution in [0, 0.1) is 11.6 Å². The zero-order valence-electron chi connectivity index (χ0n) is 33.3. The maximum absolute atomic E-state index is 15.0. The average molecular weight is 801 g/mol. The Labute approximate surface area is 337 Å². The number of halogens is 2. The third kappa shape index (κ3) is 10.4. The van der Waals surface area contributed by atoms with Crippen molar-refractivity contribution in [2.45, 2.75) is 71.6 Å². The number of nitrogens with zero attached hydrogens (tertiary/aromatic N) is 3. The highest BCUT2D eigenvalue weighted by atomic mass is 19.2. The fraction of sp³-hybridized carbons (Fsp3) is 0.364. The van der Waals surface area contributed by atoms with E-state index >= 15 is 4.79 Å². The third-order valence-corrected chi connectivity index (χ3v) is 9.96. The van der Waals surface area contributed by atoms with Gasteiger partial charge < -0.3 is 34.4 Å². The van der Waals surface area contributed by atoms with Crippen molar-refractivity contribution in [1.29, 1.82) is 0 Å². The maximum Gasteiger partial charge on any atom is 0.408 e. The van der Waals surface area contributed by atoms with Crippen molar-refractivity contribution in [3.63, 3.8) is 0 Å². The number of ether oxygens (including phenoxy) is 3. The Bertz CT molecular complexity index is 2000. The molecule has 0 aliphatic heterocycles. The smallest absolute Gasteiger partial charge is 0.408 e. The summed E-state index contributed by atoms with van der Waals surface area (Å²) in [5, 5.41) is 13.2. The van der Waals surface area contributed by atoms with Crippen LogP contribution in [0.3, 0.4) is 0 Å². The molecule has 58 heavy (non-hydrogen) atoms. The Morgan fingerprint density at radius 2 is 1.34 bits per heavy atom. The lowest BCUT2D eigenvalue weighted by atomic mass is 9.96. The molecule has 0 aromatic heterocycles. The summed E-state index contributed by atoms with van der Waals surface area (Å²) >= 11 is 0. The molecule has 2 atom stereocenters. The molecule has 0 heterocycles. The minimum atomic E-state index is -1.68. The van der Waals surface area contributed by atoms with Crippen LogP contribution >= 0.6 is 0 Å². The predicted octanol–water partition coefficient (Wildman–Crippen LogP) is 7.41. The first-order chi connectivity index (χ1) is 27.8. The lowest BCUT2D eigenvalue weighted by molar-refractivity contribution is -0.162. The van der Waals surface area contributed by atoms with Crippen LogP contribution in [0.2, 0.25) is 0 Å². The quantitative estimate of drug-likeness (QED) is 0.0994. The first-order valence-electron chi connectivity index (χ1n) is 19.3. The van der Waals surface area contributed by atoms with Gasteiger partial charge in [0, 0.05) is 43.5 Å². The minimum Gasteiger partial charge on any atom is -0.465 e. The molecular formula is C44H50F2N4O8. The molecule has 0 fully saturated rings. The van der Waals surface area contributed by atoms with Gasteiger partial charge in [-0.05, 0) is 74.6 Å². The fourth-order valence-corrected chi connectivity index (χ4v) is 7.16. The SMILES string of the molecule is CCOC(CN(C(=O)C(C)N(C(=O)C(CN(CC1c2ccccc2-c2ccccc21)C(=O)O)NC(=O)OCc1ccccc1)c1ccc(F)c(F)c1)C(C)C)OCC. The Morgan fingerprint density at radius 3 is 1.90 bits per heavy atom. The molecule has 1 aliphatic carbocycles. The second-order valence-electron chi connectivity index (χ2n) is 14.1. The van der Waals surface area contributed by atoms with E-state index in [0.29, 0.717) is 18.8 Å². The van der Waals surface area contributed by atoms with E-state index < -0.39 is 72.5 Å². The number of carbonyl (C=O) groups is 4. The lowest BCUT2D eigenvalue weighted by Gasteiger charge is -2.38. The summed E-state index contributed by atoms with van der Waals surface area (Å²) in [5.41, 5.74) is 4.13. The van der Waals surface area contributed by atoms with E-state index in [1.54, 1.807) is 58.0 Å². The maximum atomic E-state index is 15.0. The molecule has 2 N–H and O–H groups in total. The topological polar surface area (TPSA) is 138 Å². The van der Waals surface area contributed by atoms with Gasteiger partial charge in [0.15, 0.2) is 17.9 Å². The standard InChI is InChI=1S/C44H50F2N4O8/c1-6-56-40(57-7-2)26-49(28(3)4)41(51)29(5)50(31-21-22-37(45)38(46)23-31)42(52)39(47-43(53)58-27-30-15-9-8-10-16-30)25-48(44(54)55)24-36-34-19-13-11-17-32(34)33-18-12-14-20-35(33)36/h8-23,28-29,36,39-40H,6-7,24-27H2,1-5H3,(H,47,53)(H,54,55). The number of rotatable bonds is 18. The molecule has 5 rings (SSSR count). The van der Waals surface area contributed by atoms with Gasteiger partial charge in [-0.2, -0.15) is 0 Å². The summed E-state index contributed by atoms with van der Waals surface area (Å²) in [4.78, 5) is 59.4. The van der Waals surface area contributed by atoms with Crippen molar-refractivity contribution < 1.29 is 47.3 Å². The van der Waals surface area contributed by atoms with E-state index in [2.05, 4.69) is 5.32 Å². The van der Waals surface area contributed by atoms with Crippen molar-refractivity contribution in [2.24, 2.45) is 0 Å². The molecule has 0 spiro atoms. The van der Waals surface area contributed by atoms with Gasteiger partial charge in [0.2, 0.25) is 5.91 Å². The number of nitrogens with one attached hydrogen (secondary N) is 1. The Kier molecular flexibility index (Phi) is 14.9. The third-order valence-electron chi connectivity index (χ3n) is 9.96. The molecule has 0 radical (unpaired) electrons. The number of amides is 4. The second kappa shape index (κ2) is 20.0. The van der Waals surface area contributed by atoms with E-state index in [1.165, 1.54) is 11.8 Å². The van der Waals surface area contributed by atoms with Crippen LogP contribution < -0.4 is 10.2 Å². The van der Waals surface area contributed by atoms with Crippen molar-refractivity contribution in [3.05, 3.63) is 125 Å². The zero-order valence-corrected chi connectivity index (χ0v) is 33.3. The number of hydrogen-bond acceptors (Lipinski definition) is 7. The van der Waals surface area contributed by atoms with Crippen LogP contribution in [-0.2, 0) is 30.4 Å². The summed E-state index contributed by atoms with van der Waals surface area (Å²) < 4.78 is 46.2. The molecule has 4 aromatic rings. The van der Waals surface area contributed by atoms with E-state index in [1.807, 2.05) is 48.5 Å². The van der Waals surface area contributed by atoms with Crippen LogP contribution in [0.1, 0.15) is 57.2 Å². The van der Waals surface area contributed by atoms with E-state index in [-0.39, 0.29) is 25.4 Å². The number of hydrogen-bond donors (Lipinski definition) is 2. The highest BCUT2D eigenvalue weighted by Gasteiger charge is 2.39. The number of alkyl carbamates (subject to hydrolysis) is 1. The second-order valence-corrected chi connectivity index (χ2v) is 14.1. The van der Waals surface area contributed by atoms with Crippen molar-refractivity contribution in [2.75, 3.05) is 37.7 Å². The molecule has 4 amide bonds. The Balaban J connectivity index is 1.53. The van der Waals surface area contributed by atoms with Crippen LogP contribution in [0.4, 0.5) is 24.1 Å². The molecule has 0 saturated heterocycles. The minimum absolute atomic E-state index is 0.0209. The van der Waals surface area contributed by atoms with Gasteiger partial charge in [-0.3, -0.25) is 14.5 Å². The summed E-state index contributed by atoms with van der Waals surface area (Å²) in [7, 11) is 0. The summed E-state index contributed by atoms with van der Waals surface area (Å²) in [6, 6.07) is 23.3. The first kappa shape index (κ1) is 43.3. The van der Waals surface area contributed by atoms with Crippen LogP contribution in [0.25, 0.3) is 11.1 Å². The van der Waals surface area contributed by atoms with Gasteiger partial charge in [-0.25, -0.2) is 18.4 Å². The molecule has 14 heteroatoms.